The van der Waals surface area contributed by atoms with Crippen LogP contribution >= 0.6 is 11.6 Å². The van der Waals surface area contributed by atoms with Crippen molar-refractivity contribution in [3.05, 3.63) is 28.8 Å². The molecule has 1 aromatic rings. The van der Waals surface area contributed by atoms with Crippen LogP contribution in [0.1, 0.15) is 49.9 Å². The number of hydrogen-bond acceptors (Lipinski definition) is 3. The van der Waals surface area contributed by atoms with Gasteiger partial charge >= 0.3 is 5.97 Å². The number of halogens is 1. The Morgan fingerprint density at radius 3 is 2.38 bits per heavy atom. The Hall–Kier alpha value is -2.08. The zero-order valence-electron chi connectivity index (χ0n) is 14.8. The molecule has 0 spiro atoms. The highest BCUT2D eigenvalue weighted by Crippen LogP contribution is 2.58. The van der Waals surface area contributed by atoms with E-state index in [4.69, 9.17) is 11.6 Å². The average molecular weight is 379 g/mol. The first-order valence-corrected chi connectivity index (χ1v) is 9.23. The molecule has 3 rings (SSSR count). The van der Waals surface area contributed by atoms with Crippen molar-refractivity contribution in [3.8, 4) is 0 Å². The number of nitrogens with one attached hydrogen (secondary N) is 2. The Morgan fingerprint density at radius 1 is 1.15 bits per heavy atom. The maximum absolute atomic E-state index is 12.5. The number of rotatable bonds is 5. The van der Waals surface area contributed by atoms with E-state index in [0.29, 0.717) is 16.3 Å². The topological polar surface area (TPSA) is 95.5 Å². The van der Waals surface area contributed by atoms with Crippen LogP contribution in [0, 0.1) is 17.3 Å². The molecule has 1 aromatic carbocycles. The minimum absolute atomic E-state index is 0.194. The third kappa shape index (κ3) is 3.56. The highest BCUT2D eigenvalue weighted by Gasteiger charge is 2.65. The van der Waals surface area contributed by atoms with Crippen molar-refractivity contribution >= 4 is 35.1 Å². The lowest BCUT2D eigenvalue weighted by atomic mass is 10.1. The second kappa shape index (κ2) is 6.91. The number of carboxylic acids is 1. The van der Waals surface area contributed by atoms with Gasteiger partial charge in [0, 0.05) is 11.6 Å². The second-order valence-corrected chi connectivity index (χ2v) is 8.16. The first-order chi connectivity index (χ1) is 12.2. The Morgan fingerprint density at radius 2 is 1.81 bits per heavy atom. The van der Waals surface area contributed by atoms with E-state index in [1.165, 1.54) is 6.07 Å². The molecule has 7 heteroatoms. The van der Waals surface area contributed by atoms with E-state index in [2.05, 4.69) is 10.6 Å². The Bertz CT molecular complexity index is 756. The molecule has 0 bridgehead atoms. The van der Waals surface area contributed by atoms with Crippen LogP contribution in [0.15, 0.2) is 18.2 Å². The molecule has 2 atom stereocenters. The van der Waals surface area contributed by atoms with Crippen LogP contribution in [0.4, 0.5) is 5.69 Å². The van der Waals surface area contributed by atoms with Gasteiger partial charge in [-0.25, -0.2) is 0 Å². The Labute approximate surface area is 157 Å². The van der Waals surface area contributed by atoms with Crippen molar-refractivity contribution < 1.29 is 19.5 Å². The zero-order valence-corrected chi connectivity index (χ0v) is 15.6. The molecule has 0 radical (unpaired) electrons. The molecule has 2 amide bonds. The lowest BCUT2D eigenvalue weighted by Gasteiger charge is -2.14. The molecular weight excluding hydrogens is 356 g/mol. The molecule has 2 aliphatic carbocycles. The quantitative estimate of drug-likeness (QED) is 0.732. The molecule has 2 aliphatic rings. The summed E-state index contributed by atoms with van der Waals surface area (Å²) in [7, 11) is 0. The fraction of sp³-hybridized carbons (Fsp3) is 0.526. The second-order valence-electron chi connectivity index (χ2n) is 7.75. The molecule has 0 aromatic heterocycles. The molecule has 0 heterocycles. The van der Waals surface area contributed by atoms with Gasteiger partial charge in [-0.2, -0.15) is 0 Å². The summed E-state index contributed by atoms with van der Waals surface area (Å²) in [6.07, 6.45) is 4.20. The van der Waals surface area contributed by atoms with Crippen molar-refractivity contribution in [3.63, 3.8) is 0 Å². The van der Waals surface area contributed by atoms with Gasteiger partial charge in [-0.05, 0) is 36.5 Å². The van der Waals surface area contributed by atoms with Crippen molar-refractivity contribution in [2.75, 3.05) is 5.32 Å². The minimum Gasteiger partial charge on any atom is -0.481 e. The summed E-state index contributed by atoms with van der Waals surface area (Å²) in [4.78, 5) is 36.1. The number of anilines is 1. The monoisotopic (exact) mass is 378 g/mol. The number of hydrogen-bond donors (Lipinski definition) is 3. The number of carbonyl (C=O) groups excluding carboxylic acids is 2. The van der Waals surface area contributed by atoms with E-state index >= 15 is 0 Å². The smallest absolute Gasteiger partial charge is 0.307 e. The number of carbonyl (C=O) groups is 3. The van der Waals surface area contributed by atoms with Crippen LogP contribution in [0.25, 0.3) is 0 Å². The first kappa shape index (κ1) is 18.7. The standard InChI is InChI=1S/C19H23ClN2O4/c1-19(2)14(15(19)18(25)26)17(24)22-13-9-10(7-8-12(13)20)16(23)21-11-5-3-4-6-11/h7-9,11,14-15H,3-6H2,1-2H3,(H,21,23)(H,22,24)(H,25,26)/t14-,15-/m1/s1. The number of carboxylic acid groups (broad SMARTS) is 1. The van der Waals surface area contributed by atoms with Crippen LogP contribution in [0.5, 0.6) is 0 Å². The van der Waals surface area contributed by atoms with Crippen molar-refractivity contribution in [1.82, 2.24) is 5.32 Å². The summed E-state index contributed by atoms with van der Waals surface area (Å²) in [6, 6.07) is 4.91. The lowest BCUT2D eigenvalue weighted by Crippen LogP contribution is -2.32. The van der Waals surface area contributed by atoms with E-state index in [1.807, 2.05) is 0 Å². The van der Waals surface area contributed by atoms with E-state index in [1.54, 1.807) is 26.0 Å². The number of aliphatic carboxylic acids is 1. The lowest BCUT2D eigenvalue weighted by molar-refractivity contribution is -0.140. The minimum atomic E-state index is -0.981. The van der Waals surface area contributed by atoms with Gasteiger partial charge in [0.1, 0.15) is 0 Å². The largest absolute Gasteiger partial charge is 0.481 e. The van der Waals surface area contributed by atoms with Crippen LogP contribution < -0.4 is 10.6 Å². The fourth-order valence-corrected chi connectivity index (χ4v) is 4.06. The van der Waals surface area contributed by atoms with Crippen molar-refractivity contribution in [2.45, 2.75) is 45.6 Å². The van der Waals surface area contributed by atoms with Crippen LogP contribution in [-0.4, -0.2) is 28.9 Å². The maximum Gasteiger partial charge on any atom is 0.307 e. The molecule has 0 saturated heterocycles. The number of amides is 2. The van der Waals surface area contributed by atoms with Crippen LogP contribution in [0.3, 0.4) is 0 Å². The van der Waals surface area contributed by atoms with E-state index < -0.39 is 29.1 Å². The molecule has 2 fully saturated rings. The van der Waals surface area contributed by atoms with Gasteiger partial charge in [0.2, 0.25) is 5.91 Å². The van der Waals surface area contributed by atoms with E-state index in [-0.39, 0.29) is 11.9 Å². The van der Waals surface area contributed by atoms with Gasteiger partial charge in [-0.3, -0.25) is 14.4 Å². The highest BCUT2D eigenvalue weighted by atomic mass is 35.5. The predicted octanol–water partition coefficient (Wildman–Crippen LogP) is 3.31. The van der Waals surface area contributed by atoms with Gasteiger partial charge in [-0.1, -0.05) is 38.3 Å². The van der Waals surface area contributed by atoms with Gasteiger partial charge in [-0.15, -0.1) is 0 Å². The maximum atomic E-state index is 12.5. The molecule has 0 unspecified atom stereocenters. The molecule has 6 nitrogen and oxygen atoms in total. The summed E-state index contributed by atoms with van der Waals surface area (Å²) < 4.78 is 0. The summed E-state index contributed by atoms with van der Waals surface area (Å²) in [5.41, 5.74) is 0.142. The van der Waals surface area contributed by atoms with E-state index in [9.17, 15) is 19.5 Å². The molecular formula is C19H23ClN2O4. The van der Waals surface area contributed by atoms with Crippen LogP contribution in [0.2, 0.25) is 5.02 Å². The van der Waals surface area contributed by atoms with Gasteiger partial charge in [0.25, 0.3) is 5.91 Å². The fourth-order valence-electron chi connectivity index (χ4n) is 3.90. The Kier molecular flexibility index (Phi) is 4.97. The third-order valence-electron chi connectivity index (χ3n) is 5.55. The average Bonchev–Trinajstić information content (AvgIpc) is 2.90. The highest BCUT2D eigenvalue weighted by molar-refractivity contribution is 6.34. The van der Waals surface area contributed by atoms with Gasteiger partial charge in [0.05, 0.1) is 22.5 Å². The summed E-state index contributed by atoms with van der Waals surface area (Å²) in [6.45, 7) is 3.51. The van der Waals surface area contributed by atoms with Crippen molar-refractivity contribution in [1.29, 1.82) is 0 Å². The third-order valence-corrected chi connectivity index (χ3v) is 5.88. The first-order valence-electron chi connectivity index (χ1n) is 8.86. The SMILES string of the molecule is CC1(C)[C@@H](C(=O)O)[C@@H]1C(=O)Nc1cc(C(=O)NC2CCCC2)ccc1Cl. The summed E-state index contributed by atoms with van der Waals surface area (Å²) in [5, 5.41) is 15.2. The zero-order chi connectivity index (χ0) is 19.1. The van der Waals surface area contributed by atoms with Crippen LogP contribution in [-0.2, 0) is 9.59 Å². The van der Waals surface area contributed by atoms with Gasteiger partial charge < -0.3 is 15.7 Å². The van der Waals surface area contributed by atoms with Crippen molar-refractivity contribution in [2.24, 2.45) is 17.3 Å². The number of benzene rings is 1. The molecule has 2 saturated carbocycles. The summed E-state index contributed by atoms with van der Waals surface area (Å²) in [5.74, 6) is -2.90. The molecule has 26 heavy (non-hydrogen) atoms. The Balaban J connectivity index is 1.71. The molecule has 0 aliphatic heterocycles. The predicted molar refractivity (Wildman–Crippen MR) is 98.2 cm³/mol. The van der Waals surface area contributed by atoms with E-state index in [0.717, 1.165) is 25.7 Å². The summed E-state index contributed by atoms with van der Waals surface area (Å²) >= 11 is 6.15. The molecule has 3 N–H and O–H groups in total. The normalized spacial score (nSPS) is 24.1. The van der Waals surface area contributed by atoms with Gasteiger partial charge in [0.15, 0.2) is 0 Å². The molecule has 140 valence electrons.